The molecule has 72 valence electrons. The van der Waals surface area contributed by atoms with Crippen molar-refractivity contribution >= 4 is 12.0 Å². The first-order chi connectivity index (χ1) is 6.75. The van der Waals surface area contributed by atoms with Crippen molar-refractivity contribution in [2.75, 3.05) is 0 Å². The lowest BCUT2D eigenvalue weighted by Gasteiger charge is -2.04. The zero-order chi connectivity index (χ0) is 9.97. The minimum absolute atomic E-state index is 0.0149. The summed E-state index contributed by atoms with van der Waals surface area (Å²) in [5, 5.41) is 2.79. The van der Waals surface area contributed by atoms with E-state index in [-0.39, 0.29) is 5.91 Å². The third-order valence-electron chi connectivity index (χ3n) is 2.39. The third-order valence-corrected chi connectivity index (χ3v) is 2.39. The Morgan fingerprint density at radius 2 is 2.36 bits per heavy atom. The fraction of sp³-hybridized carbons (Fsp3) is 0.250. The maximum absolute atomic E-state index is 10.7. The van der Waals surface area contributed by atoms with Crippen molar-refractivity contribution in [3.63, 3.8) is 0 Å². The van der Waals surface area contributed by atoms with Crippen LogP contribution in [0.5, 0.6) is 0 Å². The van der Waals surface area contributed by atoms with E-state index >= 15 is 0 Å². The first-order valence-corrected chi connectivity index (χ1v) is 4.78. The van der Waals surface area contributed by atoms with Crippen LogP contribution in [-0.4, -0.2) is 5.91 Å². The van der Waals surface area contributed by atoms with Crippen LogP contribution in [0.25, 0.3) is 6.08 Å². The van der Waals surface area contributed by atoms with Crippen LogP contribution < -0.4 is 5.32 Å². The fourth-order valence-corrected chi connectivity index (χ4v) is 1.63. The topological polar surface area (TPSA) is 29.1 Å². The molecule has 0 saturated heterocycles. The van der Waals surface area contributed by atoms with Gasteiger partial charge < -0.3 is 5.32 Å². The average Bonchev–Trinajstić information content (AvgIpc) is 2.61. The molecule has 0 heterocycles. The van der Waals surface area contributed by atoms with E-state index in [1.165, 1.54) is 18.1 Å². The number of amides is 1. The molecule has 2 heteroatoms. The molecule has 1 aliphatic carbocycles. The number of hydrogen-bond donors (Lipinski definition) is 1. The molecule has 2 rings (SSSR count). The van der Waals surface area contributed by atoms with E-state index in [0.29, 0.717) is 6.54 Å². The Labute approximate surface area is 83.6 Å². The van der Waals surface area contributed by atoms with Crippen LogP contribution in [0.4, 0.5) is 0 Å². The predicted molar refractivity (Wildman–Crippen MR) is 56.7 cm³/mol. The summed E-state index contributed by atoms with van der Waals surface area (Å²) < 4.78 is 0. The molecule has 1 aliphatic rings. The SMILES string of the molecule is CC(=O)NCc1ccc2c(c1)C=CC2. The lowest BCUT2D eigenvalue weighted by molar-refractivity contribution is -0.119. The van der Waals surface area contributed by atoms with Crippen LogP contribution in [0.1, 0.15) is 23.6 Å². The highest BCUT2D eigenvalue weighted by Crippen LogP contribution is 2.20. The fourth-order valence-electron chi connectivity index (χ4n) is 1.63. The molecular formula is C12H13NO. The first-order valence-electron chi connectivity index (χ1n) is 4.78. The first kappa shape index (κ1) is 9.00. The highest BCUT2D eigenvalue weighted by Gasteiger charge is 2.05. The third kappa shape index (κ3) is 1.84. The Kier molecular flexibility index (Phi) is 2.35. The van der Waals surface area contributed by atoms with Crippen molar-refractivity contribution in [1.82, 2.24) is 5.32 Å². The molecular weight excluding hydrogens is 174 g/mol. The lowest BCUT2D eigenvalue weighted by atomic mass is 10.1. The molecule has 1 amide bonds. The second-order valence-electron chi connectivity index (χ2n) is 3.55. The smallest absolute Gasteiger partial charge is 0.217 e. The Morgan fingerprint density at radius 3 is 3.14 bits per heavy atom. The van der Waals surface area contributed by atoms with E-state index in [4.69, 9.17) is 0 Å². The molecule has 0 bridgehead atoms. The number of carbonyl (C=O) groups is 1. The number of hydrogen-bond acceptors (Lipinski definition) is 1. The maximum atomic E-state index is 10.7. The van der Waals surface area contributed by atoms with Crippen molar-refractivity contribution < 1.29 is 4.79 Å². The lowest BCUT2D eigenvalue weighted by Crippen LogP contribution is -2.18. The molecule has 0 aliphatic heterocycles. The van der Waals surface area contributed by atoms with Gasteiger partial charge in [-0.25, -0.2) is 0 Å². The van der Waals surface area contributed by atoms with Crippen LogP contribution in [-0.2, 0) is 17.8 Å². The van der Waals surface area contributed by atoms with Gasteiger partial charge in [0.25, 0.3) is 0 Å². The Bertz CT molecular complexity index is 393. The Balaban J connectivity index is 2.12. The van der Waals surface area contributed by atoms with Crippen molar-refractivity contribution in [1.29, 1.82) is 0 Å². The van der Waals surface area contributed by atoms with Gasteiger partial charge in [-0.2, -0.15) is 0 Å². The largest absolute Gasteiger partial charge is 0.352 e. The van der Waals surface area contributed by atoms with Gasteiger partial charge in [-0.15, -0.1) is 0 Å². The van der Waals surface area contributed by atoms with E-state index in [0.717, 1.165) is 12.0 Å². The van der Waals surface area contributed by atoms with Gasteiger partial charge in [-0.1, -0.05) is 24.3 Å². The summed E-state index contributed by atoms with van der Waals surface area (Å²) in [5.74, 6) is 0.0149. The number of nitrogens with one attached hydrogen (secondary N) is 1. The van der Waals surface area contributed by atoms with Gasteiger partial charge in [0.1, 0.15) is 0 Å². The molecule has 0 fully saturated rings. The predicted octanol–water partition coefficient (Wildman–Crippen LogP) is 1.89. The molecule has 0 unspecified atom stereocenters. The monoisotopic (exact) mass is 187 g/mol. The minimum Gasteiger partial charge on any atom is -0.352 e. The van der Waals surface area contributed by atoms with Crippen molar-refractivity contribution in [2.45, 2.75) is 19.9 Å². The van der Waals surface area contributed by atoms with Crippen LogP contribution >= 0.6 is 0 Å². The maximum Gasteiger partial charge on any atom is 0.217 e. The van der Waals surface area contributed by atoms with Crippen LogP contribution in [0, 0.1) is 0 Å². The van der Waals surface area contributed by atoms with Crippen molar-refractivity contribution in [3.05, 3.63) is 41.0 Å². The zero-order valence-electron chi connectivity index (χ0n) is 8.21. The summed E-state index contributed by atoms with van der Waals surface area (Å²) in [4.78, 5) is 10.7. The summed E-state index contributed by atoms with van der Waals surface area (Å²) in [6.45, 7) is 2.16. The molecule has 0 spiro atoms. The van der Waals surface area contributed by atoms with Crippen LogP contribution in [0.15, 0.2) is 24.3 Å². The molecule has 0 aromatic heterocycles. The van der Waals surface area contributed by atoms with Gasteiger partial charge in [0, 0.05) is 13.5 Å². The molecule has 1 aromatic rings. The molecule has 1 aromatic carbocycles. The minimum atomic E-state index is 0.0149. The highest BCUT2D eigenvalue weighted by atomic mass is 16.1. The summed E-state index contributed by atoms with van der Waals surface area (Å²) in [6, 6.07) is 6.34. The molecule has 0 atom stereocenters. The number of carbonyl (C=O) groups excluding carboxylic acids is 1. The van der Waals surface area contributed by atoms with E-state index in [2.05, 4.69) is 35.7 Å². The normalized spacial score (nSPS) is 12.6. The van der Waals surface area contributed by atoms with Gasteiger partial charge in [-0.3, -0.25) is 4.79 Å². The molecule has 0 radical (unpaired) electrons. The standard InChI is InChI=1S/C12H13NO/c1-9(14)13-8-10-5-6-11-3-2-4-12(11)7-10/h2,4-7H,3,8H2,1H3,(H,13,14). The zero-order valence-corrected chi connectivity index (χ0v) is 8.21. The summed E-state index contributed by atoms with van der Waals surface area (Å²) in [7, 11) is 0. The van der Waals surface area contributed by atoms with Gasteiger partial charge in [0.2, 0.25) is 5.91 Å². The summed E-state index contributed by atoms with van der Waals surface area (Å²) >= 11 is 0. The van der Waals surface area contributed by atoms with Crippen molar-refractivity contribution in [3.8, 4) is 0 Å². The summed E-state index contributed by atoms with van der Waals surface area (Å²) in [6.07, 6.45) is 5.33. The molecule has 14 heavy (non-hydrogen) atoms. The average molecular weight is 187 g/mol. The Morgan fingerprint density at radius 1 is 1.50 bits per heavy atom. The van der Waals surface area contributed by atoms with Gasteiger partial charge in [0.05, 0.1) is 0 Å². The van der Waals surface area contributed by atoms with E-state index in [1.54, 1.807) is 0 Å². The number of rotatable bonds is 2. The van der Waals surface area contributed by atoms with E-state index in [9.17, 15) is 4.79 Å². The van der Waals surface area contributed by atoms with E-state index < -0.39 is 0 Å². The summed E-state index contributed by atoms with van der Waals surface area (Å²) in [5.41, 5.74) is 3.81. The number of benzene rings is 1. The number of allylic oxidation sites excluding steroid dienone is 1. The number of fused-ring (bicyclic) bond motifs is 1. The van der Waals surface area contributed by atoms with Gasteiger partial charge in [-0.05, 0) is 29.2 Å². The highest BCUT2D eigenvalue weighted by molar-refractivity contribution is 5.72. The molecule has 1 N–H and O–H groups in total. The van der Waals surface area contributed by atoms with E-state index in [1.807, 2.05) is 0 Å². The molecule has 2 nitrogen and oxygen atoms in total. The van der Waals surface area contributed by atoms with Crippen molar-refractivity contribution in [2.24, 2.45) is 0 Å². The quantitative estimate of drug-likeness (QED) is 0.752. The Hall–Kier alpha value is -1.57. The van der Waals surface area contributed by atoms with Gasteiger partial charge in [0.15, 0.2) is 0 Å². The van der Waals surface area contributed by atoms with Gasteiger partial charge >= 0.3 is 0 Å². The van der Waals surface area contributed by atoms with Crippen LogP contribution in [0.2, 0.25) is 0 Å². The van der Waals surface area contributed by atoms with Crippen LogP contribution in [0.3, 0.4) is 0 Å². The molecule has 0 saturated carbocycles. The second kappa shape index (κ2) is 3.66. The second-order valence-corrected chi connectivity index (χ2v) is 3.55.